The molecule has 120 valence electrons. The van der Waals surface area contributed by atoms with Gasteiger partial charge in [0.15, 0.2) is 0 Å². The van der Waals surface area contributed by atoms with E-state index in [-0.39, 0.29) is 5.56 Å². The van der Waals surface area contributed by atoms with Crippen LogP contribution in [0.2, 0.25) is 0 Å². The average molecular weight is 326 g/mol. The van der Waals surface area contributed by atoms with E-state index in [9.17, 15) is 4.79 Å². The lowest BCUT2D eigenvalue weighted by Gasteiger charge is -2.06. The molecule has 0 saturated heterocycles. The van der Waals surface area contributed by atoms with Gasteiger partial charge in [-0.3, -0.25) is 9.36 Å². The van der Waals surface area contributed by atoms with Crippen LogP contribution in [0.25, 0.3) is 21.3 Å². The molecule has 0 aliphatic rings. The summed E-state index contributed by atoms with van der Waals surface area (Å²) in [6.45, 7) is 2.97. The zero-order valence-corrected chi connectivity index (χ0v) is 14.3. The largest absolute Gasteiger partial charge is 0.299 e. The molecule has 23 heavy (non-hydrogen) atoms. The first-order chi connectivity index (χ1) is 11.3. The van der Waals surface area contributed by atoms with Crippen LogP contribution in [0.4, 0.5) is 0 Å². The van der Waals surface area contributed by atoms with E-state index in [1.807, 2.05) is 35.7 Å². The summed E-state index contributed by atoms with van der Waals surface area (Å²) in [6.07, 6.45) is 7.67. The van der Waals surface area contributed by atoms with E-state index in [1.54, 1.807) is 22.2 Å². The van der Waals surface area contributed by atoms with Gasteiger partial charge in [-0.1, -0.05) is 62.9 Å². The topological polar surface area (TPSA) is 34.9 Å². The Balaban J connectivity index is 1.88. The number of aromatic nitrogens is 2. The van der Waals surface area contributed by atoms with Gasteiger partial charge < -0.3 is 0 Å². The molecule has 0 aliphatic carbocycles. The molecular formula is C19H22N2OS. The van der Waals surface area contributed by atoms with E-state index >= 15 is 0 Å². The number of hydrogen-bond acceptors (Lipinski definition) is 3. The molecule has 1 aromatic carbocycles. The standard InChI is InChI=1S/C19H22N2OS/c1-2-3-4-5-9-12-21-14-20-18-17(19(21)22)16(13-23-18)15-10-7-6-8-11-15/h6-8,10-11,13-14H,2-5,9,12H2,1H3. The fourth-order valence-corrected chi connectivity index (χ4v) is 3.75. The maximum absolute atomic E-state index is 12.8. The van der Waals surface area contributed by atoms with Crippen molar-refractivity contribution in [3.8, 4) is 11.1 Å². The van der Waals surface area contributed by atoms with Gasteiger partial charge in [-0.05, 0) is 12.0 Å². The Morgan fingerprint density at radius 3 is 2.65 bits per heavy atom. The zero-order valence-electron chi connectivity index (χ0n) is 13.5. The van der Waals surface area contributed by atoms with Gasteiger partial charge in [-0.25, -0.2) is 4.98 Å². The van der Waals surface area contributed by atoms with Crippen LogP contribution < -0.4 is 5.56 Å². The first kappa shape index (κ1) is 15.9. The molecule has 2 heterocycles. The summed E-state index contributed by atoms with van der Waals surface area (Å²) in [7, 11) is 0. The van der Waals surface area contributed by atoms with Gasteiger partial charge in [0.25, 0.3) is 5.56 Å². The van der Waals surface area contributed by atoms with Crippen molar-refractivity contribution in [2.45, 2.75) is 45.6 Å². The Morgan fingerprint density at radius 1 is 1.09 bits per heavy atom. The Morgan fingerprint density at radius 2 is 1.87 bits per heavy atom. The van der Waals surface area contributed by atoms with Crippen molar-refractivity contribution >= 4 is 21.6 Å². The summed E-state index contributed by atoms with van der Waals surface area (Å²) in [5.74, 6) is 0. The summed E-state index contributed by atoms with van der Waals surface area (Å²) >= 11 is 1.54. The smallest absolute Gasteiger partial charge is 0.262 e. The van der Waals surface area contributed by atoms with E-state index < -0.39 is 0 Å². The molecule has 2 aromatic heterocycles. The first-order valence-corrected chi connectivity index (χ1v) is 9.21. The van der Waals surface area contributed by atoms with Gasteiger partial charge in [0, 0.05) is 17.5 Å². The van der Waals surface area contributed by atoms with Crippen molar-refractivity contribution in [3.05, 3.63) is 52.4 Å². The molecule has 0 unspecified atom stereocenters. The maximum atomic E-state index is 12.8. The van der Waals surface area contributed by atoms with Crippen LogP contribution in [0.15, 0.2) is 46.8 Å². The monoisotopic (exact) mass is 326 g/mol. The number of benzene rings is 1. The van der Waals surface area contributed by atoms with Crippen molar-refractivity contribution in [1.29, 1.82) is 0 Å². The first-order valence-electron chi connectivity index (χ1n) is 8.33. The van der Waals surface area contributed by atoms with E-state index in [4.69, 9.17) is 0 Å². The summed E-state index contributed by atoms with van der Waals surface area (Å²) in [5, 5.41) is 2.80. The second kappa shape index (κ2) is 7.55. The van der Waals surface area contributed by atoms with Crippen molar-refractivity contribution in [2.75, 3.05) is 0 Å². The molecule has 0 N–H and O–H groups in total. The van der Waals surface area contributed by atoms with E-state index in [1.165, 1.54) is 25.7 Å². The second-order valence-electron chi connectivity index (χ2n) is 5.85. The highest BCUT2D eigenvalue weighted by Crippen LogP contribution is 2.30. The van der Waals surface area contributed by atoms with Crippen LogP contribution in [0.1, 0.15) is 39.0 Å². The maximum Gasteiger partial charge on any atom is 0.262 e. The van der Waals surface area contributed by atoms with Gasteiger partial charge in [0.1, 0.15) is 4.83 Å². The van der Waals surface area contributed by atoms with Gasteiger partial charge in [0.2, 0.25) is 0 Å². The fourth-order valence-electron chi connectivity index (χ4n) is 2.84. The molecule has 0 amide bonds. The van der Waals surface area contributed by atoms with Crippen LogP contribution in [0.5, 0.6) is 0 Å². The predicted octanol–water partition coefficient (Wildman–Crippen LogP) is 5.10. The van der Waals surface area contributed by atoms with Gasteiger partial charge in [0.05, 0.1) is 11.7 Å². The van der Waals surface area contributed by atoms with Crippen LogP contribution in [-0.2, 0) is 6.54 Å². The molecule has 0 atom stereocenters. The Hall–Kier alpha value is -1.94. The average Bonchev–Trinajstić information content (AvgIpc) is 3.02. The molecule has 0 bridgehead atoms. The van der Waals surface area contributed by atoms with E-state index in [0.717, 1.165) is 34.3 Å². The lowest BCUT2D eigenvalue weighted by Crippen LogP contribution is -2.20. The molecule has 3 aromatic rings. The molecule has 0 aliphatic heterocycles. The van der Waals surface area contributed by atoms with Crippen LogP contribution in [0.3, 0.4) is 0 Å². The number of nitrogens with zero attached hydrogens (tertiary/aromatic N) is 2. The molecule has 0 saturated carbocycles. The summed E-state index contributed by atoms with van der Waals surface area (Å²) in [6, 6.07) is 10.1. The van der Waals surface area contributed by atoms with Gasteiger partial charge >= 0.3 is 0 Å². The third-order valence-corrected chi connectivity index (χ3v) is 5.03. The number of unbranched alkanes of at least 4 members (excludes halogenated alkanes) is 4. The highest BCUT2D eigenvalue weighted by atomic mass is 32.1. The molecule has 3 nitrogen and oxygen atoms in total. The number of aryl methyl sites for hydroxylation is 1. The summed E-state index contributed by atoms with van der Waals surface area (Å²) in [4.78, 5) is 18.1. The lowest BCUT2D eigenvalue weighted by atomic mass is 10.1. The van der Waals surface area contributed by atoms with Crippen LogP contribution >= 0.6 is 11.3 Å². The minimum atomic E-state index is 0.0885. The third kappa shape index (κ3) is 3.53. The highest BCUT2D eigenvalue weighted by Gasteiger charge is 2.12. The molecule has 4 heteroatoms. The number of fused-ring (bicyclic) bond motifs is 1. The van der Waals surface area contributed by atoms with Crippen molar-refractivity contribution in [2.24, 2.45) is 0 Å². The van der Waals surface area contributed by atoms with Crippen LogP contribution in [0, 0.1) is 0 Å². The van der Waals surface area contributed by atoms with Crippen molar-refractivity contribution in [1.82, 2.24) is 9.55 Å². The molecular weight excluding hydrogens is 304 g/mol. The quantitative estimate of drug-likeness (QED) is 0.566. The fraction of sp³-hybridized carbons (Fsp3) is 0.368. The summed E-state index contributed by atoms with van der Waals surface area (Å²) in [5.41, 5.74) is 2.17. The SMILES string of the molecule is CCCCCCCn1cnc2scc(-c3ccccc3)c2c1=O. The minimum Gasteiger partial charge on any atom is -0.299 e. The zero-order chi connectivity index (χ0) is 16.1. The van der Waals surface area contributed by atoms with E-state index in [2.05, 4.69) is 11.9 Å². The van der Waals surface area contributed by atoms with E-state index in [0.29, 0.717) is 0 Å². The summed E-state index contributed by atoms with van der Waals surface area (Å²) < 4.78 is 1.77. The number of thiophene rings is 1. The molecule has 3 rings (SSSR count). The minimum absolute atomic E-state index is 0.0885. The van der Waals surface area contributed by atoms with Crippen LogP contribution in [-0.4, -0.2) is 9.55 Å². The Bertz CT molecular complexity index is 820. The van der Waals surface area contributed by atoms with Crippen molar-refractivity contribution in [3.63, 3.8) is 0 Å². The van der Waals surface area contributed by atoms with Crippen molar-refractivity contribution < 1.29 is 0 Å². The lowest BCUT2D eigenvalue weighted by molar-refractivity contribution is 0.556. The second-order valence-corrected chi connectivity index (χ2v) is 6.71. The Kier molecular flexibility index (Phi) is 5.23. The molecule has 0 fully saturated rings. The predicted molar refractivity (Wildman–Crippen MR) is 98.1 cm³/mol. The highest BCUT2D eigenvalue weighted by molar-refractivity contribution is 7.17. The third-order valence-electron chi connectivity index (χ3n) is 4.15. The normalized spacial score (nSPS) is 11.2. The number of hydrogen-bond donors (Lipinski definition) is 0. The molecule has 0 radical (unpaired) electrons. The molecule has 0 spiro atoms. The number of rotatable bonds is 7. The van der Waals surface area contributed by atoms with Gasteiger partial charge in [-0.2, -0.15) is 0 Å². The Labute approximate surface area is 140 Å². The van der Waals surface area contributed by atoms with Gasteiger partial charge in [-0.15, -0.1) is 11.3 Å².